The summed E-state index contributed by atoms with van der Waals surface area (Å²) in [7, 11) is 0. The Labute approximate surface area is 181 Å². The fraction of sp³-hybridized carbons (Fsp3) is 0.522. The first-order valence-electron chi connectivity index (χ1n) is 10.8. The van der Waals surface area contributed by atoms with Gasteiger partial charge < -0.3 is 9.80 Å². The normalized spacial score (nSPS) is 30.2. The lowest BCUT2D eigenvalue weighted by Gasteiger charge is -2.38. The molecular formula is C23H26ClN3O3. The van der Waals surface area contributed by atoms with Crippen molar-refractivity contribution in [2.45, 2.75) is 19.3 Å². The maximum absolute atomic E-state index is 12.9. The number of fused-ring (bicyclic) bond motifs is 1. The number of benzene rings is 1. The molecule has 0 radical (unpaired) electrons. The van der Waals surface area contributed by atoms with Gasteiger partial charge in [-0.25, -0.2) is 0 Å². The Morgan fingerprint density at radius 2 is 1.60 bits per heavy atom. The number of piperazine rings is 1. The van der Waals surface area contributed by atoms with Gasteiger partial charge in [0.15, 0.2) is 0 Å². The number of hydrogen-bond donors (Lipinski definition) is 0. The van der Waals surface area contributed by atoms with E-state index in [-0.39, 0.29) is 54.4 Å². The van der Waals surface area contributed by atoms with E-state index < -0.39 is 0 Å². The third-order valence-electron chi connectivity index (χ3n) is 7.21. The van der Waals surface area contributed by atoms with Crippen molar-refractivity contribution in [3.05, 3.63) is 41.4 Å². The summed E-state index contributed by atoms with van der Waals surface area (Å²) in [6, 6.07) is 7.74. The molecule has 6 nitrogen and oxygen atoms in total. The van der Waals surface area contributed by atoms with Crippen molar-refractivity contribution in [2.24, 2.45) is 23.7 Å². The van der Waals surface area contributed by atoms with Crippen LogP contribution in [0.5, 0.6) is 0 Å². The number of rotatable bonds is 4. The molecule has 0 unspecified atom stereocenters. The summed E-state index contributed by atoms with van der Waals surface area (Å²) in [5.74, 6) is -0.133. The maximum Gasteiger partial charge on any atom is 0.233 e. The quantitative estimate of drug-likeness (QED) is 0.547. The van der Waals surface area contributed by atoms with Crippen molar-refractivity contribution in [2.75, 3.05) is 37.6 Å². The Balaban J connectivity index is 1.16. The van der Waals surface area contributed by atoms with Gasteiger partial charge in [-0.05, 0) is 42.9 Å². The Hall–Kier alpha value is -2.34. The Kier molecular flexibility index (Phi) is 5.05. The summed E-state index contributed by atoms with van der Waals surface area (Å²) in [4.78, 5) is 43.9. The minimum absolute atomic E-state index is 0.0114. The number of imide groups is 1. The maximum atomic E-state index is 12.9. The highest BCUT2D eigenvalue weighted by molar-refractivity contribution is 6.30. The van der Waals surface area contributed by atoms with Gasteiger partial charge in [0.2, 0.25) is 17.7 Å². The minimum Gasteiger partial charge on any atom is -0.368 e. The molecule has 0 spiro atoms. The van der Waals surface area contributed by atoms with E-state index in [1.807, 2.05) is 29.2 Å². The summed E-state index contributed by atoms with van der Waals surface area (Å²) < 4.78 is 0. The van der Waals surface area contributed by atoms with Gasteiger partial charge in [-0.15, -0.1) is 0 Å². The van der Waals surface area contributed by atoms with Crippen LogP contribution in [-0.4, -0.2) is 60.2 Å². The van der Waals surface area contributed by atoms with E-state index in [9.17, 15) is 14.4 Å². The molecule has 30 heavy (non-hydrogen) atoms. The first kappa shape index (κ1) is 19.6. The summed E-state index contributed by atoms with van der Waals surface area (Å²) in [6.07, 6.45) is 6.43. The van der Waals surface area contributed by atoms with Gasteiger partial charge in [0, 0.05) is 49.9 Å². The van der Waals surface area contributed by atoms with Gasteiger partial charge in [0.25, 0.3) is 0 Å². The zero-order valence-electron chi connectivity index (χ0n) is 16.9. The Morgan fingerprint density at radius 3 is 2.17 bits per heavy atom. The number of anilines is 1. The summed E-state index contributed by atoms with van der Waals surface area (Å²) >= 11 is 6.08. The summed E-state index contributed by atoms with van der Waals surface area (Å²) in [5, 5.41) is 0.704. The predicted molar refractivity (Wildman–Crippen MR) is 114 cm³/mol. The second-order valence-corrected chi connectivity index (χ2v) is 9.20. The number of carbonyl (C=O) groups is 3. The molecule has 1 aromatic rings. The topological polar surface area (TPSA) is 60.9 Å². The van der Waals surface area contributed by atoms with E-state index in [1.165, 1.54) is 4.90 Å². The fourth-order valence-electron chi connectivity index (χ4n) is 5.61. The number of likely N-dealkylation sites (tertiary alicyclic amines) is 1. The van der Waals surface area contributed by atoms with Gasteiger partial charge in [0.05, 0.1) is 11.8 Å². The third-order valence-corrected chi connectivity index (χ3v) is 7.44. The first-order valence-corrected chi connectivity index (χ1v) is 11.2. The molecule has 2 bridgehead atoms. The number of halogens is 1. The van der Waals surface area contributed by atoms with Crippen LogP contribution in [0.4, 0.5) is 5.69 Å². The van der Waals surface area contributed by atoms with Gasteiger partial charge in [-0.3, -0.25) is 19.3 Å². The van der Waals surface area contributed by atoms with E-state index in [2.05, 4.69) is 17.1 Å². The molecule has 1 aromatic carbocycles. The highest BCUT2D eigenvalue weighted by atomic mass is 35.5. The Bertz CT molecular complexity index is 877. The van der Waals surface area contributed by atoms with E-state index in [0.717, 1.165) is 31.6 Å². The molecule has 3 aliphatic carbocycles. The van der Waals surface area contributed by atoms with Crippen LogP contribution in [0.25, 0.3) is 0 Å². The predicted octanol–water partition coefficient (Wildman–Crippen LogP) is 2.58. The van der Waals surface area contributed by atoms with Crippen LogP contribution >= 0.6 is 11.6 Å². The average molecular weight is 428 g/mol. The van der Waals surface area contributed by atoms with Crippen LogP contribution in [0, 0.1) is 23.7 Å². The van der Waals surface area contributed by atoms with Crippen LogP contribution < -0.4 is 4.90 Å². The number of carbonyl (C=O) groups excluding carboxylic acids is 3. The number of nitrogens with zero attached hydrogens (tertiary/aromatic N) is 3. The van der Waals surface area contributed by atoms with Gasteiger partial charge >= 0.3 is 0 Å². The van der Waals surface area contributed by atoms with Gasteiger partial charge in [-0.1, -0.05) is 29.8 Å². The molecule has 7 heteroatoms. The van der Waals surface area contributed by atoms with E-state index in [4.69, 9.17) is 11.6 Å². The molecular weight excluding hydrogens is 402 g/mol. The van der Waals surface area contributed by atoms with E-state index >= 15 is 0 Å². The molecule has 2 heterocycles. The van der Waals surface area contributed by atoms with Gasteiger partial charge in [0.1, 0.15) is 0 Å². The first-order chi connectivity index (χ1) is 14.5. The largest absolute Gasteiger partial charge is 0.368 e. The lowest BCUT2D eigenvalue weighted by atomic mass is 9.63. The van der Waals surface area contributed by atoms with Crippen LogP contribution in [0.15, 0.2) is 36.4 Å². The average Bonchev–Trinajstić information content (AvgIpc) is 3.05. The van der Waals surface area contributed by atoms with Crippen molar-refractivity contribution in [1.82, 2.24) is 9.80 Å². The minimum atomic E-state index is -0.197. The number of amides is 3. The van der Waals surface area contributed by atoms with Crippen molar-refractivity contribution < 1.29 is 14.4 Å². The molecule has 4 atom stereocenters. The van der Waals surface area contributed by atoms with E-state index in [0.29, 0.717) is 18.1 Å². The van der Waals surface area contributed by atoms with Crippen LogP contribution in [0.3, 0.4) is 0 Å². The van der Waals surface area contributed by atoms with Crippen LogP contribution in [-0.2, 0) is 14.4 Å². The van der Waals surface area contributed by atoms with Crippen molar-refractivity contribution in [3.63, 3.8) is 0 Å². The highest BCUT2D eigenvalue weighted by Gasteiger charge is 2.56. The molecule has 6 rings (SSSR count). The SMILES string of the molecule is O=C(CCN1C(=O)[C@@H]2[C@@H](C1=O)[C@H]1C=C[C@H]2CC1)N1CCN(c2cccc(Cl)c2)CC1. The van der Waals surface area contributed by atoms with Crippen molar-refractivity contribution in [3.8, 4) is 0 Å². The van der Waals surface area contributed by atoms with Crippen molar-refractivity contribution >= 4 is 35.0 Å². The van der Waals surface area contributed by atoms with Crippen molar-refractivity contribution in [1.29, 1.82) is 0 Å². The smallest absolute Gasteiger partial charge is 0.233 e. The molecule has 5 aliphatic rings. The molecule has 3 fully saturated rings. The standard InChI is InChI=1S/C23H26ClN3O3/c24-17-2-1-3-18(14-17)25-10-12-26(13-11-25)19(28)8-9-27-22(29)20-15-4-5-16(7-6-15)21(20)23(27)30/h1-5,14-16,20-21H,6-13H2/t15-,16-,20-,21-/m0/s1. The van der Waals surface area contributed by atoms with Crippen LogP contribution in [0.2, 0.25) is 5.02 Å². The molecule has 2 aliphatic heterocycles. The summed E-state index contributed by atoms with van der Waals surface area (Å²) in [5.41, 5.74) is 1.06. The molecule has 2 saturated heterocycles. The van der Waals surface area contributed by atoms with Gasteiger partial charge in [-0.2, -0.15) is 0 Å². The lowest BCUT2D eigenvalue weighted by Crippen LogP contribution is -2.49. The third kappa shape index (κ3) is 3.31. The second kappa shape index (κ2) is 7.73. The zero-order valence-corrected chi connectivity index (χ0v) is 17.6. The second-order valence-electron chi connectivity index (χ2n) is 8.77. The highest BCUT2D eigenvalue weighted by Crippen LogP contribution is 2.49. The number of allylic oxidation sites excluding steroid dienone is 2. The molecule has 158 valence electrons. The molecule has 3 amide bonds. The van der Waals surface area contributed by atoms with E-state index in [1.54, 1.807) is 0 Å². The zero-order chi connectivity index (χ0) is 20.8. The number of hydrogen-bond acceptors (Lipinski definition) is 4. The molecule has 1 saturated carbocycles. The molecule has 0 N–H and O–H groups in total. The lowest BCUT2D eigenvalue weighted by molar-refractivity contribution is -0.141. The molecule has 0 aromatic heterocycles. The van der Waals surface area contributed by atoms with Crippen LogP contribution in [0.1, 0.15) is 19.3 Å². The summed E-state index contributed by atoms with van der Waals surface area (Å²) in [6.45, 7) is 2.95. The monoisotopic (exact) mass is 427 g/mol. The Morgan fingerprint density at radius 1 is 0.967 bits per heavy atom. The fourth-order valence-corrected chi connectivity index (χ4v) is 5.79.